The molecule has 0 saturated carbocycles. The third-order valence-electron chi connectivity index (χ3n) is 3.52. The number of nitrogens with one attached hydrogen (secondary N) is 1. The zero-order valence-electron chi connectivity index (χ0n) is 11.4. The highest BCUT2D eigenvalue weighted by atomic mass is 16.4. The van der Waals surface area contributed by atoms with Gasteiger partial charge in [0.15, 0.2) is 0 Å². The topological polar surface area (TPSA) is 113 Å². The third-order valence-corrected chi connectivity index (χ3v) is 3.52. The van der Waals surface area contributed by atoms with E-state index in [4.69, 9.17) is 10.8 Å². The highest BCUT2D eigenvalue weighted by molar-refractivity contribution is 6.01. The lowest BCUT2D eigenvalue weighted by Crippen LogP contribution is -2.46. The van der Waals surface area contributed by atoms with E-state index in [1.165, 1.54) is 17.0 Å². The molecule has 2 rings (SSSR count). The normalized spacial score (nSPS) is 18.1. The molecule has 112 valence electrons. The summed E-state index contributed by atoms with van der Waals surface area (Å²) in [4.78, 5) is 35.9. The SMILES string of the molecule is NC(=O)N1CCCC(C(=O)Nc2ccccc2C(=O)O)C1. The summed E-state index contributed by atoms with van der Waals surface area (Å²) in [6.07, 6.45) is 1.34. The standard InChI is InChI=1S/C14H17N3O4/c15-14(21)17-7-3-4-9(8-17)12(18)16-11-6-2-1-5-10(11)13(19)20/h1-2,5-6,9H,3-4,7-8H2,(H2,15,21)(H,16,18)(H,19,20). The molecule has 3 amide bonds. The van der Waals surface area contributed by atoms with Gasteiger partial charge in [0, 0.05) is 13.1 Å². The predicted molar refractivity (Wildman–Crippen MR) is 75.9 cm³/mol. The number of hydrogen-bond donors (Lipinski definition) is 3. The minimum atomic E-state index is -1.10. The van der Waals surface area contributed by atoms with E-state index in [9.17, 15) is 14.4 Å². The first-order chi connectivity index (χ1) is 9.99. The molecule has 0 spiro atoms. The molecule has 0 aliphatic carbocycles. The van der Waals surface area contributed by atoms with Crippen molar-refractivity contribution < 1.29 is 19.5 Å². The monoisotopic (exact) mass is 291 g/mol. The van der Waals surface area contributed by atoms with E-state index in [0.717, 1.165) is 0 Å². The summed E-state index contributed by atoms with van der Waals surface area (Å²) in [5.41, 5.74) is 5.51. The van der Waals surface area contributed by atoms with E-state index in [-0.39, 0.29) is 29.6 Å². The van der Waals surface area contributed by atoms with Crippen molar-refractivity contribution in [2.24, 2.45) is 11.7 Å². The van der Waals surface area contributed by atoms with Gasteiger partial charge < -0.3 is 21.1 Å². The van der Waals surface area contributed by atoms with E-state index >= 15 is 0 Å². The van der Waals surface area contributed by atoms with Crippen LogP contribution in [0, 0.1) is 5.92 Å². The number of piperidine rings is 1. The van der Waals surface area contributed by atoms with Crippen molar-refractivity contribution in [3.05, 3.63) is 29.8 Å². The smallest absolute Gasteiger partial charge is 0.337 e. The molecule has 1 atom stereocenters. The van der Waals surface area contributed by atoms with Gasteiger partial charge in [-0.15, -0.1) is 0 Å². The lowest BCUT2D eigenvalue weighted by atomic mass is 9.97. The Bertz CT molecular complexity index is 573. The molecule has 0 bridgehead atoms. The summed E-state index contributed by atoms with van der Waals surface area (Å²) in [5.74, 6) is -1.78. The van der Waals surface area contributed by atoms with Crippen molar-refractivity contribution in [3.63, 3.8) is 0 Å². The number of benzene rings is 1. The minimum absolute atomic E-state index is 0.0356. The Morgan fingerprint density at radius 2 is 2.00 bits per heavy atom. The second kappa shape index (κ2) is 6.25. The maximum atomic E-state index is 12.2. The first-order valence-electron chi connectivity index (χ1n) is 6.66. The molecule has 7 heteroatoms. The molecule has 1 unspecified atom stereocenters. The first kappa shape index (κ1) is 14.8. The van der Waals surface area contributed by atoms with Crippen molar-refractivity contribution in [2.75, 3.05) is 18.4 Å². The minimum Gasteiger partial charge on any atom is -0.478 e. The Morgan fingerprint density at radius 3 is 2.67 bits per heavy atom. The highest BCUT2D eigenvalue weighted by Crippen LogP contribution is 2.20. The van der Waals surface area contributed by atoms with Crippen molar-refractivity contribution in [2.45, 2.75) is 12.8 Å². The lowest BCUT2D eigenvalue weighted by Gasteiger charge is -2.30. The highest BCUT2D eigenvalue weighted by Gasteiger charge is 2.28. The van der Waals surface area contributed by atoms with Crippen molar-refractivity contribution in [3.8, 4) is 0 Å². The van der Waals surface area contributed by atoms with Crippen LogP contribution < -0.4 is 11.1 Å². The number of amides is 3. The molecule has 0 aromatic heterocycles. The number of likely N-dealkylation sites (tertiary alicyclic amines) is 1. The molecule has 1 saturated heterocycles. The summed E-state index contributed by atoms with van der Waals surface area (Å²) < 4.78 is 0. The summed E-state index contributed by atoms with van der Waals surface area (Å²) in [7, 11) is 0. The number of nitrogens with two attached hydrogens (primary N) is 1. The van der Waals surface area contributed by atoms with Crippen LogP contribution in [0.15, 0.2) is 24.3 Å². The van der Waals surface area contributed by atoms with Gasteiger partial charge in [0.2, 0.25) is 5.91 Å². The Morgan fingerprint density at radius 1 is 1.29 bits per heavy atom. The molecule has 7 nitrogen and oxygen atoms in total. The van der Waals surface area contributed by atoms with E-state index in [2.05, 4.69) is 5.32 Å². The van der Waals surface area contributed by atoms with E-state index < -0.39 is 12.0 Å². The number of carboxylic acid groups (broad SMARTS) is 1. The molecule has 4 N–H and O–H groups in total. The van der Waals surface area contributed by atoms with Crippen molar-refractivity contribution in [1.29, 1.82) is 0 Å². The number of aromatic carboxylic acids is 1. The fourth-order valence-electron chi connectivity index (χ4n) is 2.40. The molecule has 1 aliphatic rings. The summed E-state index contributed by atoms with van der Waals surface area (Å²) in [6, 6.07) is 5.66. The van der Waals surface area contributed by atoms with Gasteiger partial charge >= 0.3 is 12.0 Å². The number of carbonyl (C=O) groups excluding carboxylic acids is 2. The molecular formula is C14H17N3O4. The zero-order chi connectivity index (χ0) is 15.4. The van der Waals surface area contributed by atoms with E-state index in [1.54, 1.807) is 12.1 Å². The van der Waals surface area contributed by atoms with Crippen LogP contribution in [0.1, 0.15) is 23.2 Å². The van der Waals surface area contributed by atoms with Gasteiger partial charge in [0.1, 0.15) is 0 Å². The van der Waals surface area contributed by atoms with Gasteiger partial charge in [-0.05, 0) is 25.0 Å². The number of rotatable bonds is 3. The molecule has 21 heavy (non-hydrogen) atoms. The van der Waals surface area contributed by atoms with Gasteiger partial charge in [-0.1, -0.05) is 12.1 Å². The predicted octanol–water partition coefficient (Wildman–Crippen LogP) is 1.11. The van der Waals surface area contributed by atoms with Crippen LogP contribution in [0.2, 0.25) is 0 Å². The Kier molecular flexibility index (Phi) is 4.42. The molecular weight excluding hydrogens is 274 g/mol. The summed E-state index contributed by atoms with van der Waals surface area (Å²) in [6.45, 7) is 0.807. The van der Waals surface area contributed by atoms with Crippen LogP contribution in [0.5, 0.6) is 0 Å². The summed E-state index contributed by atoms with van der Waals surface area (Å²) in [5, 5.41) is 11.7. The quantitative estimate of drug-likeness (QED) is 0.774. The number of nitrogens with zero attached hydrogens (tertiary/aromatic N) is 1. The maximum absolute atomic E-state index is 12.2. The molecule has 1 aliphatic heterocycles. The van der Waals surface area contributed by atoms with E-state index in [1.807, 2.05) is 0 Å². The van der Waals surface area contributed by atoms with Gasteiger partial charge in [0.25, 0.3) is 0 Å². The molecule has 0 radical (unpaired) electrons. The molecule has 1 fully saturated rings. The molecule has 1 heterocycles. The zero-order valence-corrected chi connectivity index (χ0v) is 11.4. The van der Waals surface area contributed by atoms with Crippen molar-refractivity contribution in [1.82, 2.24) is 4.90 Å². The molecule has 1 aromatic rings. The largest absolute Gasteiger partial charge is 0.478 e. The number of carbonyl (C=O) groups is 3. The Hall–Kier alpha value is -2.57. The Labute approximate surface area is 121 Å². The van der Waals surface area contributed by atoms with Crippen LogP contribution in [0.3, 0.4) is 0 Å². The average Bonchev–Trinajstić information content (AvgIpc) is 2.47. The number of primary amides is 1. The first-order valence-corrected chi connectivity index (χ1v) is 6.66. The fraction of sp³-hybridized carbons (Fsp3) is 0.357. The Balaban J connectivity index is 2.08. The van der Waals surface area contributed by atoms with Gasteiger partial charge in [-0.3, -0.25) is 4.79 Å². The number of anilines is 1. The van der Waals surface area contributed by atoms with Gasteiger partial charge in [-0.25, -0.2) is 9.59 Å². The third kappa shape index (κ3) is 3.50. The maximum Gasteiger partial charge on any atom is 0.337 e. The average molecular weight is 291 g/mol. The number of carboxylic acids is 1. The molecule has 1 aromatic carbocycles. The van der Waals surface area contributed by atoms with Gasteiger partial charge in [0.05, 0.1) is 17.2 Å². The number of urea groups is 1. The second-order valence-electron chi connectivity index (χ2n) is 4.96. The van der Waals surface area contributed by atoms with Crippen LogP contribution >= 0.6 is 0 Å². The number of hydrogen-bond acceptors (Lipinski definition) is 3. The lowest BCUT2D eigenvalue weighted by molar-refractivity contribution is -0.121. The van der Waals surface area contributed by atoms with Crippen LogP contribution in [0.4, 0.5) is 10.5 Å². The number of para-hydroxylation sites is 1. The second-order valence-corrected chi connectivity index (χ2v) is 4.96. The van der Waals surface area contributed by atoms with Crippen molar-refractivity contribution >= 4 is 23.6 Å². The fourth-order valence-corrected chi connectivity index (χ4v) is 2.40. The van der Waals surface area contributed by atoms with Gasteiger partial charge in [-0.2, -0.15) is 0 Å². The van der Waals surface area contributed by atoms with E-state index in [0.29, 0.717) is 19.4 Å². The van der Waals surface area contributed by atoms with Crippen LogP contribution in [-0.2, 0) is 4.79 Å². The van der Waals surface area contributed by atoms with Crippen LogP contribution in [0.25, 0.3) is 0 Å². The summed E-state index contributed by atoms with van der Waals surface area (Å²) >= 11 is 0. The van der Waals surface area contributed by atoms with Crippen LogP contribution in [-0.4, -0.2) is 41.0 Å².